The number of nitrogens with one attached hydrogen (secondary N) is 1. The van der Waals surface area contributed by atoms with E-state index < -0.39 is 4.92 Å². The molecule has 1 aromatic rings. The van der Waals surface area contributed by atoms with Gasteiger partial charge in [0.25, 0.3) is 5.69 Å². The number of allylic oxidation sites excluding steroid dienone is 2. The zero-order chi connectivity index (χ0) is 13.2. The highest BCUT2D eigenvalue weighted by atomic mass is 16.6. The third kappa shape index (κ3) is 2.50. The number of hydrogen-bond acceptors (Lipinski definition) is 4. The molecule has 1 unspecified atom stereocenters. The van der Waals surface area contributed by atoms with E-state index in [1.807, 2.05) is 0 Å². The fourth-order valence-electron chi connectivity index (χ4n) is 2.73. The fourth-order valence-corrected chi connectivity index (χ4v) is 2.73. The van der Waals surface area contributed by atoms with E-state index in [4.69, 9.17) is 0 Å². The Morgan fingerprint density at radius 3 is 2.95 bits per heavy atom. The number of rotatable bonds is 3. The second kappa shape index (κ2) is 4.84. The predicted molar refractivity (Wildman–Crippen MR) is 72.9 cm³/mol. The maximum absolute atomic E-state index is 10.6. The van der Waals surface area contributed by atoms with Gasteiger partial charge in [-0.1, -0.05) is 17.7 Å². The topological polar surface area (TPSA) is 68.1 Å². The van der Waals surface area contributed by atoms with Crippen molar-refractivity contribution in [1.82, 2.24) is 4.98 Å². The van der Waals surface area contributed by atoms with Crippen molar-refractivity contribution in [3.63, 3.8) is 0 Å². The zero-order valence-corrected chi connectivity index (χ0v) is 10.5. The zero-order valence-electron chi connectivity index (χ0n) is 10.5. The minimum atomic E-state index is -0.433. The number of hydrogen-bond donors (Lipinski definition) is 1. The van der Waals surface area contributed by atoms with Gasteiger partial charge >= 0.3 is 0 Å². The molecule has 3 rings (SSSR count). The van der Waals surface area contributed by atoms with Gasteiger partial charge in [0.1, 0.15) is 12.0 Å². The second-order valence-corrected chi connectivity index (χ2v) is 4.98. The molecule has 1 aromatic heterocycles. The van der Waals surface area contributed by atoms with E-state index in [-0.39, 0.29) is 5.69 Å². The second-order valence-electron chi connectivity index (χ2n) is 4.98. The smallest absolute Gasteiger partial charge is 0.287 e. The molecule has 0 aromatic carbocycles. The number of pyridine rings is 1. The fraction of sp³-hybridized carbons (Fsp3) is 0.357. The van der Waals surface area contributed by atoms with Gasteiger partial charge in [0, 0.05) is 12.1 Å². The van der Waals surface area contributed by atoms with Crippen LogP contribution in [0.4, 0.5) is 11.5 Å². The molecule has 1 heterocycles. The highest BCUT2D eigenvalue weighted by molar-refractivity contribution is 5.44. The first kappa shape index (κ1) is 11.9. The van der Waals surface area contributed by atoms with Crippen molar-refractivity contribution in [2.75, 3.05) is 5.32 Å². The van der Waals surface area contributed by atoms with Crippen LogP contribution >= 0.6 is 0 Å². The number of aromatic nitrogens is 1. The number of anilines is 1. The van der Waals surface area contributed by atoms with Crippen molar-refractivity contribution in [3.05, 3.63) is 51.7 Å². The van der Waals surface area contributed by atoms with Gasteiger partial charge in [-0.25, -0.2) is 4.98 Å². The maximum Gasteiger partial charge on any atom is 0.287 e. The first-order valence-electron chi connectivity index (χ1n) is 6.47. The lowest BCUT2D eigenvalue weighted by Gasteiger charge is -2.13. The number of nitrogens with zero attached hydrogens (tertiary/aromatic N) is 2. The summed E-state index contributed by atoms with van der Waals surface area (Å²) < 4.78 is 0. The average molecular weight is 257 g/mol. The van der Waals surface area contributed by atoms with Crippen LogP contribution < -0.4 is 5.32 Å². The minimum Gasteiger partial charge on any atom is -0.367 e. The molecule has 98 valence electrons. The molecule has 2 aliphatic rings. The monoisotopic (exact) mass is 257 g/mol. The van der Waals surface area contributed by atoms with Gasteiger partial charge in [-0.05, 0) is 37.3 Å². The molecule has 0 amide bonds. The van der Waals surface area contributed by atoms with E-state index in [1.54, 1.807) is 11.6 Å². The highest BCUT2D eigenvalue weighted by Gasteiger charge is 2.23. The molecule has 0 bridgehead atoms. The molecule has 0 spiro atoms. The summed E-state index contributed by atoms with van der Waals surface area (Å²) >= 11 is 0. The molecule has 0 fully saturated rings. The van der Waals surface area contributed by atoms with Gasteiger partial charge in [-0.15, -0.1) is 0 Å². The van der Waals surface area contributed by atoms with Crippen LogP contribution in [-0.4, -0.2) is 15.9 Å². The van der Waals surface area contributed by atoms with E-state index >= 15 is 0 Å². The predicted octanol–water partition coefficient (Wildman–Crippen LogP) is 3.21. The summed E-state index contributed by atoms with van der Waals surface area (Å²) in [4.78, 5) is 14.2. The van der Waals surface area contributed by atoms with Gasteiger partial charge in [-0.3, -0.25) is 10.1 Å². The summed E-state index contributed by atoms with van der Waals surface area (Å²) in [6, 6.07) is 3.52. The summed E-state index contributed by atoms with van der Waals surface area (Å²) in [6.07, 6.45) is 10.1. The summed E-state index contributed by atoms with van der Waals surface area (Å²) in [5, 5.41) is 13.9. The Kier molecular flexibility index (Phi) is 3.03. The summed E-state index contributed by atoms with van der Waals surface area (Å²) in [6.45, 7) is 0. The van der Waals surface area contributed by atoms with E-state index in [1.165, 1.54) is 17.8 Å². The summed E-state index contributed by atoms with van der Waals surface area (Å²) in [5.41, 5.74) is 3.02. The van der Waals surface area contributed by atoms with Crippen molar-refractivity contribution in [3.8, 4) is 0 Å². The van der Waals surface area contributed by atoms with Crippen molar-refractivity contribution >= 4 is 11.5 Å². The molecule has 5 heteroatoms. The van der Waals surface area contributed by atoms with E-state index in [2.05, 4.69) is 22.5 Å². The quantitative estimate of drug-likeness (QED) is 0.667. The van der Waals surface area contributed by atoms with Crippen LogP contribution in [0.25, 0.3) is 0 Å². The lowest BCUT2D eigenvalue weighted by Crippen LogP contribution is -2.16. The third-order valence-electron chi connectivity index (χ3n) is 3.66. The van der Waals surface area contributed by atoms with Gasteiger partial charge in [-0.2, -0.15) is 0 Å². The Bertz CT molecular complexity index is 561. The molecule has 0 aliphatic heterocycles. The Morgan fingerprint density at radius 1 is 1.37 bits per heavy atom. The highest BCUT2D eigenvalue weighted by Crippen LogP contribution is 2.34. The van der Waals surface area contributed by atoms with Gasteiger partial charge in [0.15, 0.2) is 0 Å². The lowest BCUT2D eigenvalue weighted by atomic mass is 10.0. The van der Waals surface area contributed by atoms with E-state index in [9.17, 15) is 10.1 Å². The Morgan fingerprint density at radius 2 is 2.26 bits per heavy atom. The Labute approximate surface area is 111 Å². The third-order valence-corrected chi connectivity index (χ3v) is 3.66. The molecule has 1 N–H and O–H groups in total. The average Bonchev–Trinajstić information content (AvgIpc) is 2.81. The summed E-state index contributed by atoms with van der Waals surface area (Å²) in [5.74, 6) is 0.708. The van der Waals surface area contributed by atoms with Crippen molar-refractivity contribution in [2.45, 2.75) is 31.7 Å². The van der Waals surface area contributed by atoms with Crippen molar-refractivity contribution in [2.24, 2.45) is 0 Å². The Balaban J connectivity index is 1.64. The molecule has 1 atom stereocenters. The normalized spacial score (nSPS) is 21.4. The Hall–Kier alpha value is -2.17. The molecule has 0 saturated carbocycles. The first-order valence-corrected chi connectivity index (χ1v) is 6.47. The van der Waals surface area contributed by atoms with Crippen LogP contribution in [0.15, 0.2) is 41.6 Å². The van der Waals surface area contributed by atoms with Gasteiger partial charge < -0.3 is 5.32 Å². The van der Waals surface area contributed by atoms with Crippen LogP contribution in [-0.2, 0) is 0 Å². The summed E-state index contributed by atoms with van der Waals surface area (Å²) in [7, 11) is 0. The van der Waals surface area contributed by atoms with Crippen LogP contribution in [0.5, 0.6) is 0 Å². The van der Waals surface area contributed by atoms with Crippen LogP contribution in [0.2, 0.25) is 0 Å². The van der Waals surface area contributed by atoms with E-state index in [0.717, 1.165) is 25.7 Å². The van der Waals surface area contributed by atoms with E-state index in [0.29, 0.717) is 11.9 Å². The lowest BCUT2D eigenvalue weighted by molar-refractivity contribution is -0.385. The van der Waals surface area contributed by atoms with Crippen LogP contribution in [0.3, 0.4) is 0 Å². The van der Waals surface area contributed by atoms with Gasteiger partial charge in [0.05, 0.1) is 4.92 Å². The van der Waals surface area contributed by atoms with Crippen molar-refractivity contribution in [1.29, 1.82) is 0 Å². The molecular weight excluding hydrogens is 242 g/mol. The molecular formula is C14H15N3O2. The molecule has 5 nitrogen and oxygen atoms in total. The molecule has 2 aliphatic carbocycles. The van der Waals surface area contributed by atoms with Crippen LogP contribution in [0, 0.1) is 10.1 Å². The largest absolute Gasteiger partial charge is 0.367 e. The molecule has 0 saturated heterocycles. The SMILES string of the molecule is O=[N+]([O-])c1ccc(NC2CC3=C(CCC=C3)C2)nc1. The van der Waals surface area contributed by atoms with Gasteiger partial charge in [0.2, 0.25) is 0 Å². The molecule has 19 heavy (non-hydrogen) atoms. The number of nitro groups is 1. The van der Waals surface area contributed by atoms with Crippen molar-refractivity contribution < 1.29 is 4.92 Å². The molecule has 0 radical (unpaired) electrons. The maximum atomic E-state index is 10.6. The van der Waals surface area contributed by atoms with Crippen LogP contribution in [0.1, 0.15) is 25.7 Å². The minimum absolute atomic E-state index is 0.0253. The standard InChI is InChI=1S/C14H15N3O2/c18-17(19)13-5-6-14(15-9-13)16-12-7-10-3-1-2-4-11(10)8-12/h1,3,5-6,9,12H,2,4,7-8H2,(H,15,16). The first-order chi connectivity index (χ1) is 9.22.